The lowest BCUT2D eigenvalue weighted by Gasteiger charge is -2.40. The number of aliphatic hydroxyl groups is 2. The van der Waals surface area contributed by atoms with Crippen molar-refractivity contribution in [3.8, 4) is 0 Å². The van der Waals surface area contributed by atoms with Crippen LogP contribution in [0.4, 0.5) is 0 Å². The molecule has 242 valence electrons. The van der Waals surface area contributed by atoms with E-state index in [2.05, 4.69) is 0 Å². The van der Waals surface area contributed by atoms with E-state index in [1.165, 1.54) is 6.42 Å². The summed E-state index contributed by atoms with van der Waals surface area (Å²) in [6.45, 7) is 9.88. The number of rotatable bonds is 18. The average Bonchev–Trinajstić information content (AvgIpc) is 3.82. The molecule has 0 aromatic heterocycles. The van der Waals surface area contributed by atoms with Crippen molar-refractivity contribution in [2.24, 2.45) is 17.8 Å². The molecule has 3 amide bonds. The third-order valence-electron chi connectivity index (χ3n) is 9.24. The number of nitrogens with zero attached hydrogens (tertiary/aromatic N) is 3. The number of hydrogen-bond acceptors (Lipinski definition) is 5. The highest BCUT2D eigenvalue weighted by molar-refractivity contribution is 5.87. The van der Waals surface area contributed by atoms with Gasteiger partial charge in [-0.3, -0.25) is 14.4 Å². The van der Waals surface area contributed by atoms with Crippen LogP contribution in [0, 0.1) is 17.8 Å². The van der Waals surface area contributed by atoms with Gasteiger partial charge in [0.05, 0.1) is 12.1 Å². The summed E-state index contributed by atoms with van der Waals surface area (Å²) in [6, 6.07) is 9.14. The Kier molecular flexibility index (Phi) is 14.5. The van der Waals surface area contributed by atoms with Gasteiger partial charge in [0, 0.05) is 39.0 Å². The highest BCUT2D eigenvalue weighted by Gasteiger charge is 2.38. The van der Waals surface area contributed by atoms with E-state index in [4.69, 9.17) is 0 Å². The Balaban J connectivity index is 1.76. The van der Waals surface area contributed by atoms with Crippen molar-refractivity contribution in [1.29, 1.82) is 0 Å². The molecular weight excluding hydrogens is 542 g/mol. The van der Waals surface area contributed by atoms with Gasteiger partial charge in [0.1, 0.15) is 12.6 Å². The Morgan fingerprint density at radius 3 is 2.02 bits per heavy atom. The Hall–Kier alpha value is -2.45. The number of amides is 3. The Morgan fingerprint density at radius 1 is 0.814 bits per heavy atom. The molecule has 0 aliphatic heterocycles. The zero-order valence-corrected chi connectivity index (χ0v) is 27.1. The molecule has 1 aromatic rings. The molecular formula is C35H57N3O5. The molecule has 3 atom stereocenters. The largest absolute Gasteiger partial charge is 0.390 e. The predicted molar refractivity (Wildman–Crippen MR) is 170 cm³/mol. The first kappa shape index (κ1) is 35.0. The molecule has 0 spiro atoms. The maximum Gasteiger partial charge on any atom is 0.242 e. The summed E-state index contributed by atoms with van der Waals surface area (Å²) in [5.41, 5.74) is 0.930. The van der Waals surface area contributed by atoms with Crippen LogP contribution in [0.5, 0.6) is 0 Å². The highest BCUT2D eigenvalue weighted by atomic mass is 16.3. The maximum atomic E-state index is 13.9. The lowest BCUT2D eigenvalue weighted by atomic mass is 9.81. The van der Waals surface area contributed by atoms with Crippen LogP contribution in [0.15, 0.2) is 30.3 Å². The minimum absolute atomic E-state index is 0.000838. The van der Waals surface area contributed by atoms with Crippen LogP contribution >= 0.6 is 0 Å². The molecule has 2 aliphatic carbocycles. The van der Waals surface area contributed by atoms with Gasteiger partial charge in [-0.15, -0.1) is 0 Å². The van der Waals surface area contributed by atoms with Crippen LogP contribution in [0.25, 0.3) is 0 Å². The predicted octanol–water partition coefficient (Wildman–Crippen LogP) is 5.01. The molecule has 8 heteroatoms. The van der Waals surface area contributed by atoms with Crippen LogP contribution < -0.4 is 0 Å². The molecule has 0 bridgehead atoms. The summed E-state index contributed by atoms with van der Waals surface area (Å²) in [7, 11) is 0. The topological polar surface area (TPSA) is 101 Å². The van der Waals surface area contributed by atoms with E-state index in [9.17, 15) is 24.6 Å². The molecule has 2 fully saturated rings. The quantitative estimate of drug-likeness (QED) is 0.247. The second-order valence-electron chi connectivity index (χ2n) is 13.3. The average molecular weight is 600 g/mol. The van der Waals surface area contributed by atoms with Crippen molar-refractivity contribution in [2.75, 3.05) is 26.2 Å². The molecule has 1 aromatic carbocycles. The van der Waals surface area contributed by atoms with Crippen molar-refractivity contribution in [3.63, 3.8) is 0 Å². The van der Waals surface area contributed by atoms with Crippen LogP contribution in [0.3, 0.4) is 0 Å². The van der Waals surface area contributed by atoms with Crippen LogP contribution in [0.2, 0.25) is 0 Å². The van der Waals surface area contributed by atoms with Crippen LogP contribution in [-0.4, -0.2) is 87.1 Å². The smallest absolute Gasteiger partial charge is 0.242 e. The fraction of sp³-hybridized carbons (Fsp3) is 0.743. The standard InChI is InChI=1S/C35H57N3O5/c1-5-36(6-2)34(42)25-37(23-28-15-11-8-12-16-28)32(40)19-20-33(41)38(24-29-17-18-29)30(22-27-13-9-7-10-14-27)35(43)31(39)21-26(3)4/h8,11-12,15-16,26-27,29-31,35,39,43H,5-7,9-10,13-14,17-25H2,1-4H3/t30-,31-,35+/m0/s1. The van der Waals surface area contributed by atoms with Crippen molar-refractivity contribution in [3.05, 3.63) is 35.9 Å². The molecule has 3 rings (SSSR count). The molecule has 2 aliphatic rings. The zero-order valence-electron chi connectivity index (χ0n) is 27.1. The van der Waals surface area contributed by atoms with Crippen molar-refractivity contribution >= 4 is 17.7 Å². The normalized spacial score (nSPS) is 17.7. The SMILES string of the molecule is CCN(CC)C(=O)CN(Cc1ccccc1)C(=O)CCC(=O)N(CC1CC1)[C@@H](CC1CCCCC1)[C@@H](O)[C@@H](O)CC(C)C. The fourth-order valence-corrected chi connectivity index (χ4v) is 6.49. The van der Waals surface area contributed by atoms with Gasteiger partial charge in [0.15, 0.2) is 0 Å². The summed E-state index contributed by atoms with van der Waals surface area (Å²) in [4.78, 5) is 45.6. The van der Waals surface area contributed by atoms with E-state index < -0.39 is 18.2 Å². The van der Waals surface area contributed by atoms with Crippen molar-refractivity contribution < 1.29 is 24.6 Å². The van der Waals surface area contributed by atoms with Gasteiger partial charge in [-0.1, -0.05) is 76.3 Å². The second kappa shape index (κ2) is 17.7. The fourth-order valence-electron chi connectivity index (χ4n) is 6.49. The molecule has 0 saturated heterocycles. The first-order valence-electron chi connectivity index (χ1n) is 16.9. The molecule has 0 heterocycles. The first-order valence-corrected chi connectivity index (χ1v) is 16.9. The Morgan fingerprint density at radius 2 is 1.44 bits per heavy atom. The second-order valence-corrected chi connectivity index (χ2v) is 13.3. The van der Waals surface area contributed by atoms with E-state index in [0.717, 1.165) is 44.1 Å². The monoisotopic (exact) mass is 599 g/mol. The number of likely N-dealkylation sites (N-methyl/N-ethyl adjacent to an activating group) is 1. The third kappa shape index (κ3) is 11.5. The summed E-state index contributed by atoms with van der Waals surface area (Å²) >= 11 is 0. The van der Waals surface area contributed by atoms with E-state index in [1.807, 2.05) is 62.9 Å². The summed E-state index contributed by atoms with van der Waals surface area (Å²) < 4.78 is 0. The van der Waals surface area contributed by atoms with Crippen molar-refractivity contribution in [2.45, 2.75) is 123 Å². The Bertz CT molecular complexity index is 988. The molecule has 0 radical (unpaired) electrons. The van der Waals surface area contributed by atoms with Crippen molar-refractivity contribution in [1.82, 2.24) is 14.7 Å². The summed E-state index contributed by atoms with van der Waals surface area (Å²) in [6.07, 6.45) is 7.08. The minimum Gasteiger partial charge on any atom is -0.390 e. The molecule has 2 saturated carbocycles. The number of benzene rings is 1. The van der Waals surface area contributed by atoms with Gasteiger partial charge in [-0.25, -0.2) is 0 Å². The van der Waals surface area contributed by atoms with Gasteiger partial charge >= 0.3 is 0 Å². The van der Waals surface area contributed by atoms with E-state index in [1.54, 1.807) is 9.80 Å². The minimum atomic E-state index is -1.02. The Labute approximate surface area is 259 Å². The lowest BCUT2D eigenvalue weighted by molar-refractivity contribution is -0.144. The highest BCUT2D eigenvalue weighted by Crippen LogP contribution is 2.35. The van der Waals surface area contributed by atoms with Gasteiger partial charge in [-0.2, -0.15) is 0 Å². The number of aliphatic hydroxyl groups excluding tert-OH is 2. The molecule has 2 N–H and O–H groups in total. The van der Waals surface area contributed by atoms with Crippen LogP contribution in [-0.2, 0) is 20.9 Å². The first-order chi connectivity index (χ1) is 20.6. The summed E-state index contributed by atoms with van der Waals surface area (Å²) in [5.74, 6) is 0.568. The molecule has 8 nitrogen and oxygen atoms in total. The molecule has 0 unspecified atom stereocenters. The number of carbonyl (C=O) groups is 3. The van der Waals surface area contributed by atoms with Gasteiger partial charge < -0.3 is 24.9 Å². The lowest BCUT2D eigenvalue weighted by Crippen LogP contribution is -2.53. The zero-order chi connectivity index (χ0) is 31.4. The summed E-state index contributed by atoms with van der Waals surface area (Å²) in [5, 5.41) is 22.5. The van der Waals surface area contributed by atoms with E-state index in [-0.39, 0.29) is 43.0 Å². The number of carbonyl (C=O) groups excluding carboxylic acids is 3. The maximum absolute atomic E-state index is 13.9. The van der Waals surface area contributed by atoms with Gasteiger partial charge in [0.2, 0.25) is 17.7 Å². The van der Waals surface area contributed by atoms with Gasteiger partial charge in [0.25, 0.3) is 0 Å². The van der Waals surface area contributed by atoms with E-state index in [0.29, 0.717) is 50.9 Å². The van der Waals surface area contributed by atoms with Gasteiger partial charge in [-0.05, 0) is 62.8 Å². The van der Waals surface area contributed by atoms with Crippen LogP contribution in [0.1, 0.15) is 104 Å². The number of hydrogen-bond donors (Lipinski definition) is 2. The third-order valence-corrected chi connectivity index (χ3v) is 9.24. The molecule has 43 heavy (non-hydrogen) atoms. The van der Waals surface area contributed by atoms with E-state index >= 15 is 0 Å².